The predicted molar refractivity (Wildman–Crippen MR) is 100 cm³/mol. The number of thioether (sulfide) groups is 1. The number of piperidine rings is 1. The summed E-state index contributed by atoms with van der Waals surface area (Å²) in [6.45, 7) is 1.90. The zero-order valence-electron chi connectivity index (χ0n) is 14.1. The largest absolute Gasteiger partial charge is 0.356 e. The van der Waals surface area contributed by atoms with Crippen molar-refractivity contribution >= 4 is 35.2 Å². The van der Waals surface area contributed by atoms with Crippen molar-refractivity contribution in [3.63, 3.8) is 0 Å². The van der Waals surface area contributed by atoms with Crippen LogP contribution < -0.4 is 5.32 Å². The molecule has 1 fully saturated rings. The predicted octanol–water partition coefficient (Wildman–Crippen LogP) is 2.99. The van der Waals surface area contributed by atoms with Crippen LogP contribution in [0.5, 0.6) is 0 Å². The maximum atomic E-state index is 12.3. The molecule has 1 heterocycles. The lowest BCUT2D eigenvalue weighted by Crippen LogP contribution is -2.46. The standard InChI is InChI=1S/C18H25ClN2O2S/c1-24-12-2-10-20-18(23)15-5-8-17(22)21(13-15)11-9-14-3-6-16(19)7-4-14/h3-4,6-7,15H,2,5,8-13H2,1H3,(H,20,23)/t15-/m0/s1. The minimum Gasteiger partial charge on any atom is -0.356 e. The van der Waals surface area contributed by atoms with E-state index in [1.165, 1.54) is 0 Å². The first-order valence-electron chi connectivity index (χ1n) is 8.39. The molecule has 2 rings (SSSR count). The van der Waals surface area contributed by atoms with Gasteiger partial charge in [0.2, 0.25) is 11.8 Å². The molecule has 4 nitrogen and oxygen atoms in total. The number of carbonyl (C=O) groups excluding carboxylic acids is 2. The molecule has 0 aliphatic carbocycles. The summed E-state index contributed by atoms with van der Waals surface area (Å²) >= 11 is 7.67. The topological polar surface area (TPSA) is 49.4 Å². The Morgan fingerprint density at radius 2 is 2.12 bits per heavy atom. The maximum absolute atomic E-state index is 12.3. The van der Waals surface area contributed by atoms with Gasteiger partial charge in [0, 0.05) is 31.1 Å². The van der Waals surface area contributed by atoms with Crippen LogP contribution in [-0.2, 0) is 16.0 Å². The second-order valence-corrected chi connectivity index (χ2v) is 7.51. The molecule has 1 aliphatic heterocycles. The number of hydrogen-bond acceptors (Lipinski definition) is 3. The molecule has 0 unspecified atom stereocenters. The summed E-state index contributed by atoms with van der Waals surface area (Å²) in [5.41, 5.74) is 1.15. The monoisotopic (exact) mass is 368 g/mol. The van der Waals surface area contributed by atoms with E-state index in [0.29, 0.717) is 31.0 Å². The molecule has 1 atom stereocenters. The molecule has 1 N–H and O–H groups in total. The Morgan fingerprint density at radius 3 is 2.83 bits per heavy atom. The average Bonchev–Trinajstić information content (AvgIpc) is 2.59. The van der Waals surface area contributed by atoms with Crippen molar-refractivity contribution in [2.45, 2.75) is 25.7 Å². The minimum atomic E-state index is -0.0813. The van der Waals surface area contributed by atoms with E-state index in [4.69, 9.17) is 11.6 Å². The smallest absolute Gasteiger partial charge is 0.224 e. The van der Waals surface area contributed by atoms with Gasteiger partial charge in [0.05, 0.1) is 5.92 Å². The van der Waals surface area contributed by atoms with Gasteiger partial charge in [0.15, 0.2) is 0 Å². The van der Waals surface area contributed by atoms with Gasteiger partial charge in [-0.3, -0.25) is 9.59 Å². The number of likely N-dealkylation sites (tertiary alicyclic amines) is 1. The number of carbonyl (C=O) groups is 2. The van der Waals surface area contributed by atoms with Crippen LogP contribution in [0.25, 0.3) is 0 Å². The molecule has 132 valence electrons. The Kier molecular flexibility index (Phi) is 7.92. The van der Waals surface area contributed by atoms with Crippen LogP contribution in [0.3, 0.4) is 0 Å². The second-order valence-electron chi connectivity index (χ2n) is 6.09. The molecule has 0 radical (unpaired) electrons. The number of amides is 2. The molecule has 0 bridgehead atoms. The molecule has 1 aromatic carbocycles. The molecule has 1 aromatic rings. The van der Waals surface area contributed by atoms with Crippen molar-refractivity contribution < 1.29 is 9.59 Å². The SMILES string of the molecule is CSCCCNC(=O)[C@H]1CCC(=O)N(CCc2ccc(Cl)cc2)C1. The number of nitrogens with one attached hydrogen (secondary N) is 1. The molecule has 0 spiro atoms. The molecule has 0 saturated carbocycles. The summed E-state index contributed by atoms with van der Waals surface area (Å²) in [5, 5.41) is 3.71. The number of nitrogens with zero attached hydrogens (tertiary/aromatic N) is 1. The van der Waals surface area contributed by atoms with E-state index in [2.05, 4.69) is 11.6 Å². The third kappa shape index (κ3) is 6.02. The van der Waals surface area contributed by atoms with E-state index in [1.54, 1.807) is 11.8 Å². The Labute approximate surface area is 153 Å². The van der Waals surface area contributed by atoms with Gasteiger partial charge in [-0.1, -0.05) is 23.7 Å². The fourth-order valence-corrected chi connectivity index (χ4v) is 3.39. The van der Waals surface area contributed by atoms with E-state index in [1.807, 2.05) is 29.2 Å². The van der Waals surface area contributed by atoms with E-state index in [-0.39, 0.29) is 17.7 Å². The summed E-state index contributed by atoms with van der Waals surface area (Å²) in [6, 6.07) is 7.68. The molecule has 1 saturated heterocycles. The highest BCUT2D eigenvalue weighted by atomic mass is 35.5. The van der Waals surface area contributed by atoms with Crippen LogP contribution in [0.1, 0.15) is 24.8 Å². The molecule has 1 aliphatic rings. The first kappa shape index (κ1) is 19.1. The Bertz CT molecular complexity index is 550. The maximum Gasteiger partial charge on any atom is 0.224 e. The van der Waals surface area contributed by atoms with Crippen LogP contribution >= 0.6 is 23.4 Å². The molecule has 0 aromatic heterocycles. The van der Waals surface area contributed by atoms with Crippen molar-refractivity contribution in [3.8, 4) is 0 Å². The number of hydrogen-bond donors (Lipinski definition) is 1. The molecule has 6 heteroatoms. The highest BCUT2D eigenvalue weighted by Gasteiger charge is 2.29. The number of benzene rings is 1. The minimum absolute atomic E-state index is 0.0813. The first-order chi connectivity index (χ1) is 11.6. The van der Waals surface area contributed by atoms with Gasteiger partial charge in [-0.05, 0) is 49.0 Å². The van der Waals surface area contributed by atoms with Gasteiger partial charge < -0.3 is 10.2 Å². The Balaban J connectivity index is 1.80. The van der Waals surface area contributed by atoms with Crippen molar-refractivity contribution in [1.29, 1.82) is 0 Å². The van der Waals surface area contributed by atoms with Gasteiger partial charge in [0.25, 0.3) is 0 Å². The fourth-order valence-electron chi connectivity index (χ4n) is 2.83. The van der Waals surface area contributed by atoms with Gasteiger partial charge in [-0.25, -0.2) is 0 Å². The number of rotatable bonds is 8. The van der Waals surface area contributed by atoms with Crippen LogP contribution in [0.4, 0.5) is 0 Å². The van der Waals surface area contributed by atoms with Gasteiger partial charge >= 0.3 is 0 Å². The molecular weight excluding hydrogens is 344 g/mol. The van der Waals surface area contributed by atoms with Crippen molar-refractivity contribution in [3.05, 3.63) is 34.9 Å². The van der Waals surface area contributed by atoms with Crippen molar-refractivity contribution in [1.82, 2.24) is 10.2 Å². The van der Waals surface area contributed by atoms with E-state index in [9.17, 15) is 9.59 Å². The molecule has 24 heavy (non-hydrogen) atoms. The van der Waals surface area contributed by atoms with Gasteiger partial charge in [0.1, 0.15) is 0 Å². The lowest BCUT2D eigenvalue weighted by molar-refractivity contribution is -0.138. The lowest BCUT2D eigenvalue weighted by Gasteiger charge is -2.32. The summed E-state index contributed by atoms with van der Waals surface area (Å²) < 4.78 is 0. The van der Waals surface area contributed by atoms with Crippen LogP contribution in [-0.4, -0.2) is 48.4 Å². The third-order valence-corrected chi connectivity index (χ3v) is 5.23. The Hall–Kier alpha value is -1.20. The second kappa shape index (κ2) is 9.94. The van der Waals surface area contributed by atoms with Crippen LogP contribution in [0.2, 0.25) is 5.02 Å². The quantitative estimate of drug-likeness (QED) is 0.717. The van der Waals surface area contributed by atoms with Crippen LogP contribution in [0.15, 0.2) is 24.3 Å². The number of halogens is 1. The van der Waals surface area contributed by atoms with Gasteiger partial charge in [-0.2, -0.15) is 11.8 Å². The Morgan fingerprint density at radius 1 is 1.38 bits per heavy atom. The third-order valence-electron chi connectivity index (χ3n) is 4.28. The fraction of sp³-hybridized carbons (Fsp3) is 0.556. The first-order valence-corrected chi connectivity index (χ1v) is 10.2. The van der Waals surface area contributed by atoms with Gasteiger partial charge in [-0.15, -0.1) is 0 Å². The van der Waals surface area contributed by atoms with E-state index >= 15 is 0 Å². The molecule has 2 amide bonds. The zero-order chi connectivity index (χ0) is 17.4. The lowest BCUT2D eigenvalue weighted by atomic mass is 9.96. The summed E-state index contributed by atoms with van der Waals surface area (Å²) in [5.74, 6) is 1.20. The molecular formula is C18H25ClN2O2S. The van der Waals surface area contributed by atoms with Crippen LogP contribution in [0, 0.1) is 5.92 Å². The van der Waals surface area contributed by atoms with E-state index in [0.717, 1.165) is 30.7 Å². The summed E-state index contributed by atoms with van der Waals surface area (Å²) in [7, 11) is 0. The average molecular weight is 369 g/mol. The highest BCUT2D eigenvalue weighted by molar-refractivity contribution is 7.98. The van der Waals surface area contributed by atoms with Crippen molar-refractivity contribution in [2.24, 2.45) is 5.92 Å². The van der Waals surface area contributed by atoms with E-state index < -0.39 is 0 Å². The summed E-state index contributed by atoms with van der Waals surface area (Å²) in [6.07, 6.45) is 4.95. The zero-order valence-corrected chi connectivity index (χ0v) is 15.7. The summed E-state index contributed by atoms with van der Waals surface area (Å²) in [4.78, 5) is 26.2. The highest BCUT2D eigenvalue weighted by Crippen LogP contribution is 2.19. The van der Waals surface area contributed by atoms with Crippen molar-refractivity contribution in [2.75, 3.05) is 31.6 Å². The normalized spacial score (nSPS) is 17.8.